The fraction of sp³-hybridized carbons (Fsp3) is 0.333. The molecular weight excluding hydrogens is 209 g/mol. The summed E-state index contributed by atoms with van der Waals surface area (Å²) in [6, 6.07) is 0. The Kier molecular flexibility index (Phi) is 2.34. The standard InChI is InChI=1S/C6H4ClF3N2O/c1-12-4(3(7)2-11-12)5(13)6(8,9)10/h2H,1H3. The molecule has 1 heterocycles. The zero-order valence-electron chi connectivity index (χ0n) is 6.39. The summed E-state index contributed by atoms with van der Waals surface area (Å²) in [6.45, 7) is 0. The van der Waals surface area contributed by atoms with Crippen molar-refractivity contribution in [2.24, 2.45) is 7.05 Å². The Hall–Kier alpha value is -1.04. The van der Waals surface area contributed by atoms with E-state index in [4.69, 9.17) is 11.6 Å². The fourth-order valence-electron chi connectivity index (χ4n) is 0.800. The van der Waals surface area contributed by atoms with Crippen LogP contribution >= 0.6 is 11.6 Å². The maximum absolute atomic E-state index is 11.9. The third-order valence-electron chi connectivity index (χ3n) is 1.37. The van der Waals surface area contributed by atoms with Gasteiger partial charge in [-0.1, -0.05) is 11.6 Å². The zero-order valence-corrected chi connectivity index (χ0v) is 7.15. The fourth-order valence-corrected chi connectivity index (χ4v) is 1.05. The minimum Gasteiger partial charge on any atom is -0.282 e. The van der Waals surface area contributed by atoms with Crippen molar-refractivity contribution >= 4 is 17.4 Å². The molecule has 13 heavy (non-hydrogen) atoms. The molecule has 0 amide bonds. The molecule has 1 aromatic rings. The Morgan fingerprint density at radius 1 is 1.62 bits per heavy atom. The lowest BCUT2D eigenvalue weighted by atomic mass is 10.3. The highest BCUT2D eigenvalue weighted by molar-refractivity contribution is 6.33. The van der Waals surface area contributed by atoms with Crippen molar-refractivity contribution < 1.29 is 18.0 Å². The van der Waals surface area contributed by atoms with E-state index in [1.54, 1.807) is 0 Å². The van der Waals surface area contributed by atoms with Crippen LogP contribution in [0.15, 0.2) is 6.20 Å². The van der Waals surface area contributed by atoms with Crippen LogP contribution in [0.3, 0.4) is 0 Å². The van der Waals surface area contributed by atoms with Gasteiger partial charge in [-0.2, -0.15) is 18.3 Å². The van der Waals surface area contributed by atoms with E-state index in [2.05, 4.69) is 5.10 Å². The molecule has 0 saturated heterocycles. The van der Waals surface area contributed by atoms with Crippen LogP contribution in [0.1, 0.15) is 10.5 Å². The van der Waals surface area contributed by atoms with E-state index in [9.17, 15) is 18.0 Å². The third-order valence-corrected chi connectivity index (χ3v) is 1.64. The molecule has 72 valence electrons. The molecule has 0 aliphatic heterocycles. The van der Waals surface area contributed by atoms with Crippen LogP contribution in [0, 0.1) is 0 Å². The van der Waals surface area contributed by atoms with E-state index in [0.29, 0.717) is 0 Å². The van der Waals surface area contributed by atoms with Crippen LogP contribution in [0.5, 0.6) is 0 Å². The molecule has 0 spiro atoms. The van der Waals surface area contributed by atoms with Crippen molar-refractivity contribution in [1.82, 2.24) is 9.78 Å². The number of ketones is 1. The first kappa shape index (κ1) is 10.0. The minimum atomic E-state index is -4.92. The van der Waals surface area contributed by atoms with Crippen molar-refractivity contribution in [1.29, 1.82) is 0 Å². The van der Waals surface area contributed by atoms with Gasteiger partial charge in [-0.15, -0.1) is 0 Å². The Balaban J connectivity index is 3.16. The van der Waals surface area contributed by atoms with Gasteiger partial charge in [0, 0.05) is 7.05 Å². The number of aromatic nitrogens is 2. The average molecular weight is 213 g/mol. The molecular formula is C6H4ClF3N2O. The molecule has 0 atom stereocenters. The van der Waals surface area contributed by atoms with Crippen molar-refractivity contribution in [3.8, 4) is 0 Å². The summed E-state index contributed by atoms with van der Waals surface area (Å²) in [5.74, 6) is -1.99. The molecule has 1 aromatic heterocycles. The van der Waals surface area contributed by atoms with Gasteiger partial charge in [0.25, 0.3) is 5.78 Å². The number of rotatable bonds is 1. The molecule has 0 bridgehead atoms. The van der Waals surface area contributed by atoms with Gasteiger partial charge in [0.15, 0.2) is 0 Å². The maximum Gasteiger partial charge on any atom is 0.456 e. The summed E-state index contributed by atoms with van der Waals surface area (Å²) in [4.78, 5) is 10.7. The highest BCUT2D eigenvalue weighted by atomic mass is 35.5. The lowest BCUT2D eigenvalue weighted by Crippen LogP contribution is -2.25. The lowest BCUT2D eigenvalue weighted by molar-refractivity contribution is -0.0890. The number of carbonyl (C=O) groups excluding carboxylic acids is 1. The molecule has 0 radical (unpaired) electrons. The van der Waals surface area contributed by atoms with Gasteiger partial charge in [-0.05, 0) is 0 Å². The summed E-state index contributed by atoms with van der Waals surface area (Å²) < 4.78 is 36.6. The van der Waals surface area contributed by atoms with Crippen LogP contribution in [0.25, 0.3) is 0 Å². The topological polar surface area (TPSA) is 34.9 Å². The molecule has 0 aliphatic carbocycles. The Bertz CT molecular complexity index is 325. The first-order valence-corrected chi connectivity index (χ1v) is 3.51. The summed E-state index contributed by atoms with van der Waals surface area (Å²) in [6.07, 6.45) is -3.93. The van der Waals surface area contributed by atoms with Crippen molar-refractivity contribution in [3.05, 3.63) is 16.9 Å². The molecule has 7 heteroatoms. The summed E-state index contributed by atoms with van der Waals surface area (Å²) in [5, 5.41) is 3.11. The minimum absolute atomic E-state index is 0.301. The second kappa shape index (κ2) is 3.02. The van der Waals surface area contributed by atoms with Crippen LogP contribution in [0.4, 0.5) is 13.2 Å². The van der Waals surface area contributed by atoms with Gasteiger partial charge < -0.3 is 0 Å². The predicted octanol–water partition coefficient (Wildman–Crippen LogP) is 1.82. The van der Waals surface area contributed by atoms with Crippen molar-refractivity contribution in [3.63, 3.8) is 0 Å². The molecule has 0 fully saturated rings. The number of halogens is 4. The SMILES string of the molecule is Cn1ncc(Cl)c1C(=O)C(F)(F)F. The van der Waals surface area contributed by atoms with E-state index in [0.717, 1.165) is 10.9 Å². The molecule has 0 N–H and O–H groups in total. The zero-order chi connectivity index (χ0) is 10.2. The van der Waals surface area contributed by atoms with Gasteiger partial charge >= 0.3 is 6.18 Å². The first-order chi connectivity index (χ1) is 5.84. The van der Waals surface area contributed by atoms with Gasteiger partial charge in [-0.25, -0.2) is 0 Å². The average Bonchev–Trinajstić information content (AvgIpc) is 2.28. The lowest BCUT2D eigenvalue weighted by Gasteiger charge is -2.04. The molecule has 3 nitrogen and oxygen atoms in total. The largest absolute Gasteiger partial charge is 0.456 e. The van der Waals surface area contributed by atoms with E-state index in [-0.39, 0.29) is 5.02 Å². The molecule has 0 aliphatic rings. The first-order valence-electron chi connectivity index (χ1n) is 3.13. The summed E-state index contributed by atoms with van der Waals surface area (Å²) >= 11 is 5.34. The Morgan fingerprint density at radius 2 is 2.15 bits per heavy atom. The van der Waals surface area contributed by atoms with Crippen LogP contribution < -0.4 is 0 Å². The van der Waals surface area contributed by atoms with Gasteiger partial charge in [0.1, 0.15) is 5.69 Å². The summed E-state index contributed by atoms with van der Waals surface area (Å²) in [7, 11) is 1.21. The number of nitrogens with zero attached hydrogens (tertiary/aromatic N) is 2. The Morgan fingerprint density at radius 3 is 2.46 bits per heavy atom. The normalized spacial score (nSPS) is 11.8. The number of alkyl halides is 3. The third kappa shape index (κ3) is 1.82. The van der Waals surface area contributed by atoms with Gasteiger partial charge in [0.2, 0.25) is 0 Å². The Labute approximate surface area is 76.1 Å². The van der Waals surface area contributed by atoms with Crippen LogP contribution in [-0.4, -0.2) is 21.7 Å². The molecule has 1 rings (SSSR count). The number of Topliss-reactive ketones (excluding diaryl/α,β-unsaturated/α-hetero) is 1. The highest BCUT2D eigenvalue weighted by Crippen LogP contribution is 2.25. The number of aryl methyl sites for hydroxylation is 1. The summed E-state index contributed by atoms with van der Waals surface area (Å²) in [5.41, 5.74) is -0.644. The predicted molar refractivity (Wildman–Crippen MR) is 38.6 cm³/mol. The van der Waals surface area contributed by atoms with E-state index < -0.39 is 17.7 Å². The highest BCUT2D eigenvalue weighted by Gasteiger charge is 2.42. The van der Waals surface area contributed by atoms with E-state index in [1.807, 2.05) is 0 Å². The second-order valence-electron chi connectivity index (χ2n) is 2.29. The number of hydrogen-bond donors (Lipinski definition) is 0. The van der Waals surface area contributed by atoms with E-state index >= 15 is 0 Å². The number of carbonyl (C=O) groups is 1. The number of hydrogen-bond acceptors (Lipinski definition) is 2. The second-order valence-corrected chi connectivity index (χ2v) is 2.70. The van der Waals surface area contributed by atoms with Crippen LogP contribution in [0.2, 0.25) is 5.02 Å². The maximum atomic E-state index is 11.9. The van der Waals surface area contributed by atoms with Crippen molar-refractivity contribution in [2.75, 3.05) is 0 Å². The van der Waals surface area contributed by atoms with Crippen LogP contribution in [-0.2, 0) is 7.05 Å². The molecule has 0 aromatic carbocycles. The van der Waals surface area contributed by atoms with Crippen molar-refractivity contribution in [2.45, 2.75) is 6.18 Å². The quantitative estimate of drug-likeness (QED) is 0.666. The van der Waals surface area contributed by atoms with Gasteiger partial charge in [0.05, 0.1) is 11.2 Å². The van der Waals surface area contributed by atoms with Gasteiger partial charge in [-0.3, -0.25) is 9.48 Å². The molecule has 0 saturated carbocycles. The molecule has 0 unspecified atom stereocenters. The monoisotopic (exact) mass is 212 g/mol. The van der Waals surface area contributed by atoms with E-state index in [1.165, 1.54) is 7.05 Å². The smallest absolute Gasteiger partial charge is 0.282 e.